The van der Waals surface area contributed by atoms with Gasteiger partial charge < -0.3 is 10.3 Å². The van der Waals surface area contributed by atoms with E-state index in [-0.39, 0.29) is 0 Å². The summed E-state index contributed by atoms with van der Waals surface area (Å²) in [5.74, 6) is 0. The zero-order valence-corrected chi connectivity index (χ0v) is 14.7. The first kappa shape index (κ1) is 16.4. The van der Waals surface area contributed by atoms with Gasteiger partial charge in [-0.1, -0.05) is 48.5 Å². The van der Waals surface area contributed by atoms with Gasteiger partial charge in [0.1, 0.15) is 0 Å². The number of likely N-dealkylation sites (tertiary alicyclic amines) is 1. The van der Waals surface area contributed by atoms with Gasteiger partial charge in [-0.25, -0.2) is 0 Å². The average molecular weight is 333 g/mol. The summed E-state index contributed by atoms with van der Waals surface area (Å²) in [4.78, 5) is 5.95. The molecule has 0 bridgehead atoms. The van der Waals surface area contributed by atoms with Crippen LogP contribution in [-0.4, -0.2) is 35.6 Å². The van der Waals surface area contributed by atoms with Gasteiger partial charge in [-0.15, -0.1) is 0 Å². The minimum absolute atomic E-state index is 0.664. The normalized spacial score (nSPS) is 16.5. The second-order valence-electron chi connectivity index (χ2n) is 7.10. The Morgan fingerprint density at radius 2 is 1.72 bits per heavy atom. The number of aromatic nitrogens is 1. The second kappa shape index (κ2) is 7.85. The largest absolute Gasteiger partial charge is 0.361 e. The summed E-state index contributed by atoms with van der Waals surface area (Å²) in [6.45, 7) is 4.54. The van der Waals surface area contributed by atoms with Gasteiger partial charge in [0.25, 0.3) is 0 Å². The van der Waals surface area contributed by atoms with Crippen LogP contribution in [0.25, 0.3) is 10.9 Å². The lowest BCUT2D eigenvalue weighted by Crippen LogP contribution is -2.42. The SMILES string of the molecule is c1ccc(CN2CCC(NCCc3c[nH]c4ccccc34)CC2)cc1. The predicted octanol–water partition coefficient (Wildman–Crippen LogP) is 3.96. The van der Waals surface area contributed by atoms with Crippen molar-refractivity contribution in [3.05, 3.63) is 71.9 Å². The molecule has 3 heteroatoms. The highest BCUT2D eigenvalue weighted by Crippen LogP contribution is 2.18. The van der Waals surface area contributed by atoms with E-state index in [0.29, 0.717) is 6.04 Å². The molecule has 0 spiro atoms. The Hall–Kier alpha value is -2.10. The first-order chi connectivity index (χ1) is 12.4. The van der Waals surface area contributed by atoms with E-state index in [1.54, 1.807) is 0 Å². The lowest BCUT2D eigenvalue weighted by atomic mass is 10.0. The topological polar surface area (TPSA) is 31.1 Å². The van der Waals surface area contributed by atoms with Crippen LogP contribution in [0.15, 0.2) is 60.8 Å². The number of nitrogens with zero attached hydrogens (tertiary/aromatic N) is 1. The van der Waals surface area contributed by atoms with E-state index in [9.17, 15) is 0 Å². The van der Waals surface area contributed by atoms with E-state index in [2.05, 4.69) is 76.0 Å². The Labute approximate surface area is 150 Å². The molecule has 1 aromatic heterocycles. The smallest absolute Gasteiger partial charge is 0.0456 e. The minimum Gasteiger partial charge on any atom is -0.361 e. The van der Waals surface area contributed by atoms with E-state index >= 15 is 0 Å². The van der Waals surface area contributed by atoms with Crippen molar-refractivity contribution in [2.24, 2.45) is 0 Å². The summed E-state index contributed by atoms with van der Waals surface area (Å²) in [5.41, 5.74) is 4.09. The molecule has 0 unspecified atom stereocenters. The molecule has 0 amide bonds. The number of aromatic amines is 1. The quantitative estimate of drug-likeness (QED) is 0.715. The third-order valence-electron chi connectivity index (χ3n) is 5.34. The maximum atomic E-state index is 3.77. The van der Waals surface area contributed by atoms with Crippen molar-refractivity contribution in [3.8, 4) is 0 Å². The third kappa shape index (κ3) is 4.12. The highest BCUT2D eigenvalue weighted by molar-refractivity contribution is 5.83. The van der Waals surface area contributed by atoms with E-state index < -0.39 is 0 Å². The number of piperidine rings is 1. The Balaban J connectivity index is 1.21. The molecule has 2 N–H and O–H groups in total. The molecule has 130 valence electrons. The Bertz CT molecular complexity index is 785. The summed E-state index contributed by atoms with van der Waals surface area (Å²) in [7, 11) is 0. The predicted molar refractivity (Wildman–Crippen MR) is 105 cm³/mol. The van der Waals surface area contributed by atoms with Crippen LogP contribution in [0.3, 0.4) is 0 Å². The third-order valence-corrected chi connectivity index (χ3v) is 5.34. The number of nitrogens with one attached hydrogen (secondary N) is 2. The summed E-state index contributed by atoms with van der Waals surface area (Å²) in [6.07, 6.45) is 5.75. The molecule has 3 aromatic rings. The molecule has 1 aliphatic heterocycles. The molecular weight excluding hydrogens is 306 g/mol. The van der Waals surface area contributed by atoms with Gasteiger partial charge in [0, 0.05) is 29.7 Å². The van der Waals surface area contributed by atoms with Crippen LogP contribution in [0.5, 0.6) is 0 Å². The van der Waals surface area contributed by atoms with Gasteiger partial charge in [0.05, 0.1) is 0 Å². The molecule has 2 aromatic carbocycles. The van der Waals surface area contributed by atoms with Crippen LogP contribution < -0.4 is 5.32 Å². The summed E-state index contributed by atoms with van der Waals surface area (Å²) in [5, 5.41) is 5.13. The average Bonchev–Trinajstić information content (AvgIpc) is 3.07. The van der Waals surface area contributed by atoms with Gasteiger partial charge in [-0.2, -0.15) is 0 Å². The van der Waals surface area contributed by atoms with Crippen molar-refractivity contribution in [2.75, 3.05) is 19.6 Å². The Morgan fingerprint density at radius 3 is 2.56 bits per heavy atom. The summed E-state index contributed by atoms with van der Waals surface area (Å²) < 4.78 is 0. The second-order valence-corrected chi connectivity index (χ2v) is 7.10. The molecule has 0 radical (unpaired) electrons. The van der Waals surface area contributed by atoms with Crippen molar-refractivity contribution in [2.45, 2.75) is 31.8 Å². The van der Waals surface area contributed by atoms with Crippen LogP contribution in [0, 0.1) is 0 Å². The molecule has 25 heavy (non-hydrogen) atoms. The molecule has 4 rings (SSSR count). The van der Waals surface area contributed by atoms with Gasteiger partial charge in [-0.05, 0) is 56.1 Å². The molecule has 0 saturated carbocycles. The number of rotatable bonds is 6. The van der Waals surface area contributed by atoms with Crippen molar-refractivity contribution in [1.82, 2.24) is 15.2 Å². The Morgan fingerprint density at radius 1 is 0.960 bits per heavy atom. The number of H-pyrrole nitrogens is 1. The van der Waals surface area contributed by atoms with Crippen LogP contribution in [0.1, 0.15) is 24.0 Å². The fourth-order valence-corrected chi connectivity index (χ4v) is 3.89. The standard InChI is InChI=1S/C22H27N3/c1-2-6-18(7-3-1)17-25-14-11-20(12-15-25)23-13-10-19-16-24-22-9-5-4-8-21(19)22/h1-9,16,20,23-24H,10-15,17H2. The van der Waals surface area contributed by atoms with E-state index in [0.717, 1.165) is 19.5 Å². The van der Waals surface area contributed by atoms with Gasteiger partial charge >= 0.3 is 0 Å². The van der Waals surface area contributed by atoms with E-state index in [1.165, 1.54) is 48.0 Å². The number of benzene rings is 2. The summed E-state index contributed by atoms with van der Waals surface area (Å²) in [6, 6.07) is 20.0. The molecule has 3 nitrogen and oxygen atoms in total. The molecular formula is C22H27N3. The maximum absolute atomic E-state index is 3.77. The number of hydrogen-bond donors (Lipinski definition) is 2. The highest BCUT2D eigenvalue weighted by Gasteiger charge is 2.18. The van der Waals surface area contributed by atoms with Crippen LogP contribution in [0.4, 0.5) is 0 Å². The zero-order valence-electron chi connectivity index (χ0n) is 14.7. The van der Waals surface area contributed by atoms with Gasteiger partial charge in [-0.3, -0.25) is 4.90 Å². The number of para-hydroxylation sites is 1. The number of hydrogen-bond acceptors (Lipinski definition) is 2. The summed E-state index contributed by atoms with van der Waals surface area (Å²) >= 11 is 0. The maximum Gasteiger partial charge on any atom is 0.0456 e. The molecule has 1 fully saturated rings. The first-order valence-corrected chi connectivity index (χ1v) is 9.43. The zero-order chi connectivity index (χ0) is 16.9. The number of fused-ring (bicyclic) bond motifs is 1. The van der Waals surface area contributed by atoms with Crippen molar-refractivity contribution in [1.29, 1.82) is 0 Å². The highest BCUT2D eigenvalue weighted by atomic mass is 15.1. The molecule has 0 aliphatic carbocycles. The molecule has 2 heterocycles. The van der Waals surface area contributed by atoms with Crippen LogP contribution in [0.2, 0.25) is 0 Å². The molecule has 1 saturated heterocycles. The lowest BCUT2D eigenvalue weighted by molar-refractivity contribution is 0.191. The van der Waals surface area contributed by atoms with E-state index in [4.69, 9.17) is 0 Å². The monoisotopic (exact) mass is 333 g/mol. The van der Waals surface area contributed by atoms with Crippen LogP contribution in [-0.2, 0) is 13.0 Å². The Kier molecular flexibility index (Phi) is 5.14. The minimum atomic E-state index is 0.664. The van der Waals surface area contributed by atoms with Crippen LogP contribution >= 0.6 is 0 Å². The fraction of sp³-hybridized carbons (Fsp3) is 0.364. The van der Waals surface area contributed by atoms with Gasteiger partial charge in [0.2, 0.25) is 0 Å². The van der Waals surface area contributed by atoms with Crippen molar-refractivity contribution >= 4 is 10.9 Å². The first-order valence-electron chi connectivity index (χ1n) is 9.43. The van der Waals surface area contributed by atoms with Crippen molar-refractivity contribution in [3.63, 3.8) is 0 Å². The molecule has 1 aliphatic rings. The van der Waals surface area contributed by atoms with Crippen molar-refractivity contribution < 1.29 is 0 Å². The molecule has 0 atom stereocenters. The van der Waals surface area contributed by atoms with E-state index in [1.807, 2.05) is 0 Å². The lowest BCUT2D eigenvalue weighted by Gasteiger charge is -2.32. The fourth-order valence-electron chi connectivity index (χ4n) is 3.89. The van der Waals surface area contributed by atoms with Gasteiger partial charge in [0.15, 0.2) is 0 Å².